The van der Waals surface area contributed by atoms with E-state index in [1.807, 2.05) is 0 Å². The van der Waals surface area contributed by atoms with Crippen molar-refractivity contribution in [1.82, 2.24) is 4.31 Å². The third-order valence-corrected chi connectivity index (χ3v) is 4.75. The summed E-state index contributed by atoms with van der Waals surface area (Å²) in [5.74, 6) is 0.234. The number of nitrogens with zero attached hydrogens (tertiary/aromatic N) is 1. The van der Waals surface area contributed by atoms with Crippen LogP contribution in [0.1, 0.15) is 20.3 Å². The Bertz CT molecular complexity index is 632. The SMILES string of the molecule is COc1ccc(NC(=O)CCN(C(C)C)S(C)(=O)=O)cc1Cl. The second kappa shape index (κ2) is 7.80. The Balaban J connectivity index is 2.65. The molecule has 1 amide bonds. The van der Waals surface area contributed by atoms with Gasteiger partial charge in [-0.25, -0.2) is 8.42 Å². The van der Waals surface area contributed by atoms with Crippen molar-refractivity contribution in [2.45, 2.75) is 26.3 Å². The number of benzene rings is 1. The largest absolute Gasteiger partial charge is 0.495 e. The van der Waals surface area contributed by atoms with Gasteiger partial charge in [0.1, 0.15) is 5.75 Å². The molecule has 6 nitrogen and oxygen atoms in total. The molecule has 0 fully saturated rings. The van der Waals surface area contributed by atoms with Crippen molar-refractivity contribution < 1.29 is 17.9 Å². The maximum atomic E-state index is 11.9. The minimum atomic E-state index is -3.33. The molecule has 0 unspecified atom stereocenters. The predicted octanol–water partition coefficient (Wildman–Crippen LogP) is 2.35. The number of nitrogens with one attached hydrogen (secondary N) is 1. The predicted molar refractivity (Wildman–Crippen MR) is 87.9 cm³/mol. The summed E-state index contributed by atoms with van der Waals surface area (Å²) in [4.78, 5) is 11.9. The fourth-order valence-electron chi connectivity index (χ4n) is 1.99. The van der Waals surface area contributed by atoms with Crippen molar-refractivity contribution in [3.8, 4) is 5.75 Å². The molecule has 0 aliphatic heterocycles. The van der Waals surface area contributed by atoms with Gasteiger partial charge < -0.3 is 10.1 Å². The molecule has 0 saturated carbocycles. The maximum absolute atomic E-state index is 11.9. The van der Waals surface area contributed by atoms with Crippen LogP contribution >= 0.6 is 11.6 Å². The second-order valence-electron chi connectivity index (χ2n) is 5.11. The minimum Gasteiger partial charge on any atom is -0.495 e. The van der Waals surface area contributed by atoms with Crippen LogP contribution in [0.5, 0.6) is 5.75 Å². The van der Waals surface area contributed by atoms with E-state index in [0.717, 1.165) is 6.26 Å². The number of anilines is 1. The van der Waals surface area contributed by atoms with E-state index in [1.54, 1.807) is 32.0 Å². The second-order valence-corrected chi connectivity index (χ2v) is 7.46. The van der Waals surface area contributed by atoms with Gasteiger partial charge in [-0.3, -0.25) is 4.79 Å². The Morgan fingerprint density at radius 3 is 2.50 bits per heavy atom. The third kappa shape index (κ3) is 5.47. The van der Waals surface area contributed by atoms with E-state index in [2.05, 4.69) is 5.32 Å². The first-order valence-corrected chi connectivity index (χ1v) is 8.98. The normalized spacial score (nSPS) is 11.8. The van der Waals surface area contributed by atoms with E-state index in [4.69, 9.17) is 16.3 Å². The molecule has 0 aromatic heterocycles. The van der Waals surface area contributed by atoms with Gasteiger partial charge in [0.2, 0.25) is 15.9 Å². The summed E-state index contributed by atoms with van der Waals surface area (Å²) in [5, 5.41) is 3.07. The van der Waals surface area contributed by atoms with Gasteiger partial charge in [-0.05, 0) is 32.0 Å². The van der Waals surface area contributed by atoms with Crippen LogP contribution in [0, 0.1) is 0 Å². The molecule has 0 radical (unpaired) electrons. The highest BCUT2D eigenvalue weighted by atomic mass is 35.5. The van der Waals surface area contributed by atoms with Crippen molar-refractivity contribution in [2.75, 3.05) is 25.2 Å². The summed E-state index contributed by atoms with van der Waals surface area (Å²) in [7, 11) is -1.83. The Morgan fingerprint density at radius 1 is 1.41 bits per heavy atom. The van der Waals surface area contributed by atoms with Gasteiger partial charge in [0, 0.05) is 24.7 Å². The zero-order valence-electron chi connectivity index (χ0n) is 13.1. The third-order valence-electron chi connectivity index (χ3n) is 3.00. The van der Waals surface area contributed by atoms with Gasteiger partial charge >= 0.3 is 0 Å². The smallest absolute Gasteiger partial charge is 0.225 e. The van der Waals surface area contributed by atoms with Crippen molar-refractivity contribution in [3.63, 3.8) is 0 Å². The number of carbonyl (C=O) groups excluding carboxylic acids is 1. The van der Waals surface area contributed by atoms with Crippen LogP contribution < -0.4 is 10.1 Å². The number of rotatable bonds is 7. The van der Waals surface area contributed by atoms with Crippen molar-refractivity contribution in [1.29, 1.82) is 0 Å². The summed E-state index contributed by atoms with van der Waals surface area (Å²) in [6.45, 7) is 3.66. The van der Waals surface area contributed by atoms with Crippen molar-refractivity contribution in [3.05, 3.63) is 23.2 Å². The number of amides is 1. The number of hydrogen-bond donors (Lipinski definition) is 1. The van der Waals surface area contributed by atoms with Gasteiger partial charge in [0.15, 0.2) is 0 Å². The highest BCUT2D eigenvalue weighted by Crippen LogP contribution is 2.27. The average molecular weight is 349 g/mol. The van der Waals surface area contributed by atoms with E-state index in [0.29, 0.717) is 16.5 Å². The van der Waals surface area contributed by atoms with Crippen LogP contribution in [0.2, 0.25) is 5.02 Å². The molecule has 1 aromatic rings. The Kier molecular flexibility index (Phi) is 6.65. The molecule has 0 spiro atoms. The molecule has 0 bridgehead atoms. The number of carbonyl (C=O) groups is 1. The summed E-state index contributed by atoms with van der Waals surface area (Å²) >= 11 is 5.98. The molecule has 1 N–H and O–H groups in total. The molecule has 0 aliphatic rings. The molecule has 1 rings (SSSR count). The minimum absolute atomic E-state index is 0.0644. The lowest BCUT2D eigenvalue weighted by Crippen LogP contribution is -2.38. The van der Waals surface area contributed by atoms with Crippen LogP contribution in [0.15, 0.2) is 18.2 Å². The average Bonchev–Trinajstić information content (AvgIpc) is 2.37. The highest BCUT2D eigenvalue weighted by Gasteiger charge is 2.20. The molecule has 0 aliphatic carbocycles. The number of halogens is 1. The van der Waals surface area contributed by atoms with Crippen LogP contribution in [0.3, 0.4) is 0 Å². The highest BCUT2D eigenvalue weighted by molar-refractivity contribution is 7.88. The lowest BCUT2D eigenvalue weighted by atomic mass is 10.3. The van der Waals surface area contributed by atoms with Gasteiger partial charge in [-0.15, -0.1) is 0 Å². The van der Waals surface area contributed by atoms with Crippen LogP contribution in [0.25, 0.3) is 0 Å². The molecule has 22 heavy (non-hydrogen) atoms. The van der Waals surface area contributed by atoms with E-state index < -0.39 is 10.0 Å². The van der Waals surface area contributed by atoms with Gasteiger partial charge in [0.05, 0.1) is 18.4 Å². The Labute approximate surface area is 136 Å². The maximum Gasteiger partial charge on any atom is 0.225 e. The molecular weight excluding hydrogens is 328 g/mol. The summed E-state index contributed by atoms with van der Waals surface area (Å²) in [5.41, 5.74) is 0.534. The lowest BCUT2D eigenvalue weighted by molar-refractivity contribution is -0.116. The molecule has 0 atom stereocenters. The van der Waals surface area contributed by atoms with Gasteiger partial charge in [-0.2, -0.15) is 4.31 Å². The Hall–Kier alpha value is -1.31. The fraction of sp³-hybridized carbons (Fsp3) is 0.500. The van der Waals surface area contributed by atoms with Crippen LogP contribution in [0.4, 0.5) is 5.69 Å². The topological polar surface area (TPSA) is 75.7 Å². The molecule has 8 heteroatoms. The zero-order chi connectivity index (χ0) is 16.9. The van der Waals surface area contributed by atoms with Crippen molar-refractivity contribution in [2.24, 2.45) is 0 Å². The summed E-state index contributed by atoms with van der Waals surface area (Å²) in [6, 6.07) is 4.70. The number of hydrogen-bond acceptors (Lipinski definition) is 4. The number of ether oxygens (including phenoxy) is 1. The van der Waals surface area contributed by atoms with E-state index in [9.17, 15) is 13.2 Å². The quantitative estimate of drug-likeness (QED) is 0.820. The Morgan fingerprint density at radius 2 is 2.05 bits per heavy atom. The first-order chi connectivity index (χ1) is 10.1. The molecule has 124 valence electrons. The standard InChI is InChI=1S/C14H21ClN2O4S/c1-10(2)17(22(4,19)20)8-7-14(18)16-11-5-6-13(21-3)12(15)9-11/h5-6,9-10H,7-8H2,1-4H3,(H,16,18). The number of methoxy groups -OCH3 is 1. The first-order valence-electron chi connectivity index (χ1n) is 6.75. The van der Waals surface area contributed by atoms with Gasteiger partial charge in [-0.1, -0.05) is 11.6 Å². The van der Waals surface area contributed by atoms with Crippen molar-refractivity contribution >= 4 is 33.2 Å². The molecule has 0 heterocycles. The van der Waals surface area contributed by atoms with Gasteiger partial charge in [0.25, 0.3) is 0 Å². The summed E-state index contributed by atoms with van der Waals surface area (Å²) < 4.78 is 29.6. The zero-order valence-corrected chi connectivity index (χ0v) is 14.7. The molecule has 1 aromatic carbocycles. The van der Waals surface area contributed by atoms with E-state index >= 15 is 0 Å². The number of sulfonamides is 1. The van der Waals surface area contributed by atoms with Crippen LogP contribution in [-0.4, -0.2) is 44.6 Å². The lowest BCUT2D eigenvalue weighted by Gasteiger charge is -2.23. The van der Waals surface area contributed by atoms with Crippen LogP contribution in [-0.2, 0) is 14.8 Å². The summed E-state index contributed by atoms with van der Waals surface area (Å²) in [6.07, 6.45) is 1.20. The fourth-order valence-corrected chi connectivity index (χ4v) is 3.43. The first kappa shape index (κ1) is 18.7. The monoisotopic (exact) mass is 348 g/mol. The molecular formula is C14H21ClN2O4S. The van der Waals surface area contributed by atoms with E-state index in [1.165, 1.54) is 11.4 Å². The van der Waals surface area contributed by atoms with E-state index in [-0.39, 0.29) is 24.9 Å². The molecule has 0 saturated heterocycles.